The molecule has 0 heterocycles. The molecule has 0 aliphatic carbocycles. The van der Waals surface area contributed by atoms with Crippen LogP contribution < -0.4 is 0 Å². The molecule has 0 amide bonds. The Morgan fingerprint density at radius 3 is 1.60 bits per heavy atom. The van der Waals surface area contributed by atoms with Gasteiger partial charge in [0.2, 0.25) is 0 Å². The van der Waals surface area contributed by atoms with Gasteiger partial charge in [-0.3, -0.25) is 0 Å². The molecule has 0 saturated carbocycles. The standard InChI is InChI=1S/C40H26/c1-2-12-31-26-32(25-22-27(31)10-1)28-20-23-30(24-21-28)39-35-15-5-7-17-37(35)40(38-18-8-6-16-36(38)39)34-19-9-13-29-11-3-4-14-33(29)34/h1-26H/i3D,4D,5D,6D,7D,8D,9D,11D,13D,14D,15D,16D,17D,18D,19D,20D,21D,23D,24D. The van der Waals surface area contributed by atoms with Crippen molar-refractivity contribution in [2.24, 2.45) is 0 Å². The van der Waals surface area contributed by atoms with Crippen LogP contribution in [0, 0.1) is 0 Å². The second kappa shape index (κ2) is 9.22. The van der Waals surface area contributed by atoms with E-state index < -0.39 is 169 Å². The summed E-state index contributed by atoms with van der Waals surface area (Å²) in [6.45, 7) is 0. The van der Waals surface area contributed by atoms with E-state index in [1.807, 2.05) is 18.2 Å². The molecule has 0 fully saturated rings. The van der Waals surface area contributed by atoms with Gasteiger partial charge in [-0.25, -0.2) is 0 Å². The van der Waals surface area contributed by atoms with Crippen LogP contribution in [0.25, 0.3) is 76.5 Å². The Morgan fingerprint density at radius 2 is 0.900 bits per heavy atom. The summed E-state index contributed by atoms with van der Waals surface area (Å²) in [6.07, 6.45) is 0. The fourth-order valence-electron chi connectivity index (χ4n) is 5.05. The third kappa shape index (κ3) is 3.61. The molecular weight excluding hydrogens is 480 g/mol. The minimum atomic E-state index is -0.859. The molecule has 8 aromatic rings. The second-order valence-corrected chi connectivity index (χ2v) is 9.06. The minimum absolute atomic E-state index is 0.110. The van der Waals surface area contributed by atoms with Crippen molar-refractivity contribution in [1.82, 2.24) is 0 Å². The summed E-state index contributed by atoms with van der Waals surface area (Å²) >= 11 is 0. The fraction of sp³-hybridized carbons (Fsp3) is 0. The van der Waals surface area contributed by atoms with Gasteiger partial charge in [0.15, 0.2) is 0 Å². The van der Waals surface area contributed by atoms with E-state index in [0.29, 0.717) is 5.56 Å². The first-order valence-electron chi connectivity index (χ1n) is 21.8. The largest absolute Gasteiger partial charge is 0.0629 e. The van der Waals surface area contributed by atoms with E-state index >= 15 is 0 Å². The Kier molecular flexibility index (Phi) is 2.48. The average Bonchev–Trinajstić information content (AvgIpc) is 3.22. The van der Waals surface area contributed by atoms with Crippen LogP contribution in [0.3, 0.4) is 0 Å². The molecule has 0 N–H and O–H groups in total. The van der Waals surface area contributed by atoms with Crippen LogP contribution in [0.5, 0.6) is 0 Å². The van der Waals surface area contributed by atoms with Crippen molar-refractivity contribution in [1.29, 1.82) is 0 Å². The first kappa shape index (κ1) is 10.8. The molecule has 0 spiro atoms. The van der Waals surface area contributed by atoms with Crippen molar-refractivity contribution < 1.29 is 26.0 Å². The number of fused-ring (bicyclic) bond motifs is 4. The third-order valence-corrected chi connectivity index (χ3v) is 6.85. The predicted molar refractivity (Wildman–Crippen MR) is 173 cm³/mol. The molecule has 8 aromatic carbocycles. The van der Waals surface area contributed by atoms with Gasteiger partial charge in [0.25, 0.3) is 0 Å². The lowest BCUT2D eigenvalue weighted by atomic mass is 9.84. The van der Waals surface area contributed by atoms with E-state index in [1.54, 1.807) is 24.3 Å². The maximum Gasteiger partial charge on any atom is 0.0629 e. The molecule has 0 radical (unpaired) electrons. The summed E-state index contributed by atoms with van der Waals surface area (Å²) in [7, 11) is 0. The number of benzene rings is 8. The highest BCUT2D eigenvalue weighted by atomic mass is 14.2. The van der Waals surface area contributed by atoms with Crippen molar-refractivity contribution in [2.45, 2.75) is 0 Å². The third-order valence-electron chi connectivity index (χ3n) is 6.85. The molecule has 40 heavy (non-hydrogen) atoms. The zero-order valence-corrected chi connectivity index (χ0v) is 20.5. The molecule has 8 rings (SSSR count). The van der Waals surface area contributed by atoms with Crippen LogP contribution in [0.1, 0.15) is 26.0 Å². The first-order valence-corrected chi connectivity index (χ1v) is 12.3. The number of hydrogen-bond donors (Lipinski definition) is 0. The highest BCUT2D eigenvalue weighted by Gasteiger charge is 2.17. The zero-order chi connectivity index (χ0) is 43.0. The lowest BCUT2D eigenvalue weighted by molar-refractivity contribution is 1.63. The van der Waals surface area contributed by atoms with E-state index in [-0.39, 0.29) is 5.56 Å². The van der Waals surface area contributed by atoms with Crippen LogP contribution in [0.4, 0.5) is 0 Å². The van der Waals surface area contributed by atoms with Crippen molar-refractivity contribution >= 4 is 43.1 Å². The summed E-state index contributed by atoms with van der Waals surface area (Å²) < 4.78 is 170. The Bertz CT molecular complexity index is 3140. The van der Waals surface area contributed by atoms with Crippen LogP contribution in [-0.2, 0) is 0 Å². The van der Waals surface area contributed by atoms with Crippen molar-refractivity contribution in [3.05, 3.63) is 157 Å². The van der Waals surface area contributed by atoms with Crippen LogP contribution >= 0.6 is 0 Å². The maximum atomic E-state index is 9.39. The predicted octanol–water partition coefficient (Wildman–Crippen LogP) is 11.3. The smallest absolute Gasteiger partial charge is 0.0616 e. The molecule has 0 unspecified atom stereocenters. The van der Waals surface area contributed by atoms with Gasteiger partial charge in [0.1, 0.15) is 0 Å². The molecule has 0 saturated heterocycles. The van der Waals surface area contributed by atoms with Gasteiger partial charge in [0.05, 0.1) is 26.0 Å². The Balaban J connectivity index is 1.69. The molecule has 0 aliphatic heterocycles. The van der Waals surface area contributed by atoms with E-state index in [9.17, 15) is 12.3 Å². The van der Waals surface area contributed by atoms with Gasteiger partial charge < -0.3 is 0 Å². The lowest BCUT2D eigenvalue weighted by Gasteiger charge is -2.19. The molecule has 0 heteroatoms. The highest BCUT2D eigenvalue weighted by molar-refractivity contribution is 6.23. The molecule has 0 aliphatic rings. The van der Waals surface area contributed by atoms with Crippen LogP contribution in [0.15, 0.2) is 157 Å². The topological polar surface area (TPSA) is 0 Å². The molecule has 0 nitrogen and oxygen atoms in total. The average molecular weight is 526 g/mol. The quantitative estimate of drug-likeness (QED) is 0.201. The molecule has 186 valence electrons. The Labute approximate surface area is 260 Å². The van der Waals surface area contributed by atoms with Gasteiger partial charge in [-0.05, 0) is 82.5 Å². The summed E-state index contributed by atoms with van der Waals surface area (Å²) in [4.78, 5) is 0. The monoisotopic (exact) mass is 525 g/mol. The molecule has 0 atom stereocenters. The van der Waals surface area contributed by atoms with Gasteiger partial charge in [0, 0.05) is 0 Å². The van der Waals surface area contributed by atoms with E-state index in [2.05, 4.69) is 0 Å². The Hall–Kier alpha value is -5.20. The van der Waals surface area contributed by atoms with Crippen LogP contribution in [-0.4, -0.2) is 0 Å². The van der Waals surface area contributed by atoms with Crippen LogP contribution in [0.2, 0.25) is 0 Å². The lowest BCUT2D eigenvalue weighted by Crippen LogP contribution is -1.91. The maximum absolute atomic E-state index is 9.39. The number of rotatable bonds is 3. The molecular formula is C40H26. The summed E-state index contributed by atoms with van der Waals surface area (Å²) in [5.74, 6) is 0. The Morgan fingerprint density at radius 1 is 0.350 bits per heavy atom. The van der Waals surface area contributed by atoms with Gasteiger partial charge in [-0.15, -0.1) is 0 Å². The number of hydrogen-bond acceptors (Lipinski definition) is 0. The first-order chi connectivity index (χ1) is 27.8. The van der Waals surface area contributed by atoms with E-state index in [1.165, 1.54) is 0 Å². The highest BCUT2D eigenvalue weighted by Crippen LogP contribution is 2.45. The minimum Gasteiger partial charge on any atom is -0.0616 e. The van der Waals surface area contributed by atoms with E-state index in [0.717, 1.165) is 10.8 Å². The molecule has 0 bridgehead atoms. The fourth-order valence-corrected chi connectivity index (χ4v) is 5.05. The zero-order valence-electron chi connectivity index (χ0n) is 39.5. The van der Waals surface area contributed by atoms with Gasteiger partial charge in [-0.2, -0.15) is 0 Å². The van der Waals surface area contributed by atoms with Crippen molar-refractivity contribution in [3.63, 3.8) is 0 Å². The summed E-state index contributed by atoms with van der Waals surface area (Å²) in [6, 6.07) is -2.59. The van der Waals surface area contributed by atoms with Gasteiger partial charge in [-0.1, -0.05) is 151 Å². The van der Waals surface area contributed by atoms with Gasteiger partial charge >= 0.3 is 0 Å². The van der Waals surface area contributed by atoms with E-state index in [4.69, 9.17) is 13.7 Å². The van der Waals surface area contributed by atoms with Crippen molar-refractivity contribution in [3.8, 4) is 33.4 Å². The molecule has 0 aromatic heterocycles. The van der Waals surface area contributed by atoms with Crippen molar-refractivity contribution in [2.75, 3.05) is 0 Å². The normalized spacial score (nSPS) is 18.1. The summed E-state index contributed by atoms with van der Waals surface area (Å²) in [5.41, 5.74) is -2.00. The second-order valence-electron chi connectivity index (χ2n) is 9.06. The summed E-state index contributed by atoms with van der Waals surface area (Å²) in [5, 5.41) is -1.67. The SMILES string of the molecule is [2H]c1c([2H])c(-c2c3c([2H])c([2H])c([2H])c([2H])c3c(-c3c([2H])c([2H])c([2H])c4c([2H])c([2H])c([2H])c([2H])c34)c3c([2H])c([2H])c([2H])c([2H])c23)c([2H])c([2H])c1-c1ccc2ccccc2c1.